The van der Waals surface area contributed by atoms with Crippen LogP contribution in [0, 0.1) is 5.92 Å². The Balaban J connectivity index is 1.63. The highest BCUT2D eigenvalue weighted by Gasteiger charge is 2.21. The molecule has 0 saturated heterocycles. The molecule has 0 aliphatic heterocycles. The van der Waals surface area contributed by atoms with Gasteiger partial charge in [-0.3, -0.25) is 0 Å². The van der Waals surface area contributed by atoms with Crippen LogP contribution in [0.1, 0.15) is 95.1 Å². The molecule has 3 rings (SSSR count). The second kappa shape index (κ2) is 9.41. The third kappa shape index (κ3) is 5.09. The van der Waals surface area contributed by atoms with E-state index in [9.17, 15) is 0 Å². The summed E-state index contributed by atoms with van der Waals surface area (Å²) in [5, 5.41) is 2.86. The Hall–Kier alpha value is -1.30. The maximum absolute atomic E-state index is 2.47. The number of fused-ring (bicyclic) bond motifs is 1. The molecule has 0 radical (unpaired) electrons. The molecule has 0 heteroatoms. The highest BCUT2D eigenvalue weighted by molar-refractivity contribution is 5.84. The Morgan fingerprint density at radius 3 is 2.28 bits per heavy atom. The van der Waals surface area contributed by atoms with E-state index in [1.165, 1.54) is 87.0 Å². The van der Waals surface area contributed by atoms with E-state index in [2.05, 4.69) is 50.2 Å². The first-order chi connectivity index (χ1) is 12.3. The van der Waals surface area contributed by atoms with Gasteiger partial charge in [0.2, 0.25) is 0 Å². The largest absolute Gasteiger partial charge is 0.0654 e. The molecule has 1 saturated carbocycles. The summed E-state index contributed by atoms with van der Waals surface area (Å²) < 4.78 is 0. The average Bonchev–Trinajstić information content (AvgIpc) is 2.66. The molecule has 0 unspecified atom stereocenters. The van der Waals surface area contributed by atoms with E-state index in [0.717, 1.165) is 11.8 Å². The first-order valence-corrected chi connectivity index (χ1v) is 10.8. The molecule has 2 aromatic rings. The summed E-state index contributed by atoms with van der Waals surface area (Å²) in [4.78, 5) is 0. The third-order valence-electron chi connectivity index (χ3n) is 6.26. The van der Waals surface area contributed by atoms with Gasteiger partial charge < -0.3 is 0 Å². The third-order valence-corrected chi connectivity index (χ3v) is 6.26. The van der Waals surface area contributed by atoms with Gasteiger partial charge in [0, 0.05) is 0 Å². The van der Waals surface area contributed by atoms with Crippen molar-refractivity contribution in [3.8, 4) is 0 Å². The van der Waals surface area contributed by atoms with Gasteiger partial charge in [-0.05, 0) is 72.3 Å². The molecule has 0 amide bonds. The van der Waals surface area contributed by atoms with Gasteiger partial charge >= 0.3 is 0 Å². The lowest BCUT2D eigenvalue weighted by Crippen LogP contribution is -2.13. The molecule has 136 valence electrons. The Kier molecular flexibility index (Phi) is 6.96. The Labute approximate surface area is 155 Å². The molecular formula is C25H36. The first kappa shape index (κ1) is 18.5. The van der Waals surface area contributed by atoms with Crippen LogP contribution >= 0.6 is 0 Å². The molecule has 2 aromatic carbocycles. The number of unbranched alkanes of at least 4 members (excludes halogenated alkanes) is 3. The first-order valence-electron chi connectivity index (χ1n) is 10.8. The molecule has 1 aliphatic rings. The summed E-state index contributed by atoms with van der Waals surface area (Å²) in [5.74, 6) is 1.79. The van der Waals surface area contributed by atoms with Crippen molar-refractivity contribution < 1.29 is 0 Å². The van der Waals surface area contributed by atoms with Crippen LogP contribution < -0.4 is 0 Å². The van der Waals surface area contributed by atoms with Gasteiger partial charge in [-0.25, -0.2) is 0 Å². The van der Waals surface area contributed by atoms with Crippen molar-refractivity contribution in [2.24, 2.45) is 5.92 Å². The zero-order valence-electron chi connectivity index (χ0n) is 16.4. The molecule has 0 bridgehead atoms. The number of benzene rings is 2. The minimum atomic E-state index is 0.797. The number of hydrogen-bond donors (Lipinski definition) is 0. The number of hydrogen-bond acceptors (Lipinski definition) is 0. The predicted molar refractivity (Wildman–Crippen MR) is 111 cm³/mol. The second-order valence-corrected chi connectivity index (χ2v) is 8.26. The van der Waals surface area contributed by atoms with E-state index in [1.54, 1.807) is 5.56 Å². The molecule has 0 aromatic heterocycles. The topological polar surface area (TPSA) is 0 Å². The predicted octanol–water partition coefficient (Wildman–Crippen LogP) is 8.04. The van der Waals surface area contributed by atoms with Crippen molar-refractivity contribution in [2.45, 2.75) is 90.4 Å². The van der Waals surface area contributed by atoms with E-state index in [4.69, 9.17) is 0 Å². The normalized spacial score (nSPS) is 20.9. The molecule has 25 heavy (non-hydrogen) atoms. The van der Waals surface area contributed by atoms with E-state index in [-0.39, 0.29) is 0 Å². The smallest absolute Gasteiger partial charge is 0.0162 e. The number of aryl methyl sites for hydroxylation is 1. The van der Waals surface area contributed by atoms with Gasteiger partial charge in [-0.1, -0.05) is 82.3 Å². The van der Waals surface area contributed by atoms with Crippen molar-refractivity contribution in [1.82, 2.24) is 0 Å². The molecule has 1 fully saturated rings. The van der Waals surface area contributed by atoms with Crippen LogP contribution in [0.25, 0.3) is 10.8 Å². The minimum absolute atomic E-state index is 0.797. The van der Waals surface area contributed by atoms with Crippen molar-refractivity contribution in [3.05, 3.63) is 47.5 Å². The summed E-state index contributed by atoms with van der Waals surface area (Å²) in [6.07, 6.45) is 15.1. The lowest BCUT2D eigenvalue weighted by Gasteiger charge is -2.28. The van der Waals surface area contributed by atoms with Gasteiger partial charge in [-0.15, -0.1) is 0 Å². The minimum Gasteiger partial charge on any atom is -0.0654 e. The molecule has 1 aliphatic carbocycles. The van der Waals surface area contributed by atoms with Gasteiger partial charge in [-0.2, -0.15) is 0 Å². The van der Waals surface area contributed by atoms with Crippen LogP contribution in [-0.2, 0) is 6.42 Å². The molecule has 0 spiro atoms. The SMILES string of the molecule is CCCCCCc1ccc2cc(C3CCC(CCC)CC3)ccc2c1. The van der Waals surface area contributed by atoms with Crippen molar-refractivity contribution in [1.29, 1.82) is 0 Å². The summed E-state index contributed by atoms with van der Waals surface area (Å²) in [7, 11) is 0. The molecule has 0 nitrogen and oxygen atoms in total. The van der Waals surface area contributed by atoms with E-state index >= 15 is 0 Å². The highest BCUT2D eigenvalue weighted by Crippen LogP contribution is 2.38. The lowest BCUT2D eigenvalue weighted by atomic mass is 9.77. The van der Waals surface area contributed by atoms with Gasteiger partial charge in [0.05, 0.1) is 0 Å². The summed E-state index contributed by atoms with van der Waals surface area (Å²) in [6.45, 7) is 4.61. The maximum Gasteiger partial charge on any atom is -0.0162 e. The van der Waals surface area contributed by atoms with Crippen LogP contribution in [0.2, 0.25) is 0 Å². The fourth-order valence-electron chi connectivity index (χ4n) is 4.67. The summed E-state index contributed by atoms with van der Waals surface area (Å²) >= 11 is 0. The fraction of sp³-hybridized carbons (Fsp3) is 0.600. The average molecular weight is 337 g/mol. The quantitative estimate of drug-likeness (QED) is 0.428. The second-order valence-electron chi connectivity index (χ2n) is 8.26. The summed E-state index contributed by atoms with van der Waals surface area (Å²) in [5.41, 5.74) is 3.09. The van der Waals surface area contributed by atoms with Gasteiger partial charge in [0.15, 0.2) is 0 Å². The van der Waals surface area contributed by atoms with Crippen LogP contribution in [0.3, 0.4) is 0 Å². The molecular weight excluding hydrogens is 300 g/mol. The Morgan fingerprint density at radius 1 is 0.760 bits per heavy atom. The number of rotatable bonds is 8. The zero-order valence-corrected chi connectivity index (χ0v) is 16.4. The molecule has 0 heterocycles. The van der Waals surface area contributed by atoms with Crippen LogP contribution in [-0.4, -0.2) is 0 Å². The Bertz CT molecular complexity index is 646. The van der Waals surface area contributed by atoms with Crippen LogP contribution in [0.15, 0.2) is 36.4 Å². The summed E-state index contributed by atoms with van der Waals surface area (Å²) in [6, 6.07) is 14.4. The van der Waals surface area contributed by atoms with Crippen LogP contribution in [0.5, 0.6) is 0 Å². The lowest BCUT2D eigenvalue weighted by molar-refractivity contribution is 0.308. The zero-order chi connectivity index (χ0) is 17.5. The van der Waals surface area contributed by atoms with Crippen molar-refractivity contribution in [2.75, 3.05) is 0 Å². The van der Waals surface area contributed by atoms with Gasteiger partial charge in [0.1, 0.15) is 0 Å². The monoisotopic (exact) mass is 336 g/mol. The van der Waals surface area contributed by atoms with Gasteiger partial charge in [0.25, 0.3) is 0 Å². The molecule has 0 N–H and O–H groups in total. The standard InChI is InChI=1S/C25H36/c1-3-5-6-7-9-21-12-15-25-19-24(17-16-23(25)18-21)22-13-10-20(8-4-2)11-14-22/h12,15-20,22H,3-11,13-14H2,1-2H3. The van der Waals surface area contributed by atoms with Crippen LogP contribution in [0.4, 0.5) is 0 Å². The van der Waals surface area contributed by atoms with E-state index in [1.807, 2.05) is 0 Å². The maximum atomic E-state index is 2.47. The van der Waals surface area contributed by atoms with Crippen molar-refractivity contribution >= 4 is 10.8 Å². The Morgan fingerprint density at radius 2 is 1.52 bits per heavy atom. The van der Waals surface area contributed by atoms with E-state index < -0.39 is 0 Å². The van der Waals surface area contributed by atoms with E-state index in [0.29, 0.717) is 0 Å². The highest BCUT2D eigenvalue weighted by atomic mass is 14.3. The molecule has 0 atom stereocenters. The van der Waals surface area contributed by atoms with Crippen molar-refractivity contribution in [3.63, 3.8) is 0 Å². The fourth-order valence-corrected chi connectivity index (χ4v) is 4.67.